The Morgan fingerprint density at radius 3 is 2.77 bits per heavy atom. The van der Waals surface area contributed by atoms with E-state index in [4.69, 9.17) is 16.6 Å². The Hall–Kier alpha value is -1.75. The molecule has 2 aliphatic rings. The van der Waals surface area contributed by atoms with E-state index in [0.29, 0.717) is 24.3 Å². The number of nitrogens with one attached hydrogen (secondary N) is 2. The number of guanidine groups is 1. The second-order valence-electron chi connectivity index (χ2n) is 7.25. The van der Waals surface area contributed by atoms with Crippen LogP contribution in [0.3, 0.4) is 0 Å². The topological polar surface area (TPSA) is 56.7 Å². The summed E-state index contributed by atoms with van der Waals surface area (Å²) in [6, 6.07) is 8.59. The van der Waals surface area contributed by atoms with E-state index in [1.165, 1.54) is 5.56 Å². The average molecular weight is 377 g/mol. The van der Waals surface area contributed by atoms with Gasteiger partial charge in [0.2, 0.25) is 5.91 Å². The average Bonchev–Trinajstić information content (AvgIpc) is 3.41. The smallest absolute Gasteiger partial charge is 0.220 e. The van der Waals surface area contributed by atoms with E-state index in [-0.39, 0.29) is 5.91 Å². The predicted octanol–water partition coefficient (Wildman–Crippen LogP) is 3.01. The summed E-state index contributed by atoms with van der Waals surface area (Å²) in [5.74, 6) is 2.16. The Morgan fingerprint density at radius 1 is 1.35 bits per heavy atom. The quantitative estimate of drug-likeness (QED) is 0.613. The first-order valence-corrected chi connectivity index (χ1v) is 10.0. The number of aliphatic imine (C=N–C) groups is 1. The Bertz CT molecular complexity index is 655. The van der Waals surface area contributed by atoms with Gasteiger partial charge in [-0.3, -0.25) is 9.79 Å². The van der Waals surface area contributed by atoms with E-state index in [2.05, 4.69) is 34.6 Å². The van der Waals surface area contributed by atoms with Gasteiger partial charge in [0.1, 0.15) is 0 Å². The molecule has 2 atom stereocenters. The summed E-state index contributed by atoms with van der Waals surface area (Å²) >= 11 is 6.12. The van der Waals surface area contributed by atoms with Gasteiger partial charge in [-0.05, 0) is 49.8 Å². The Labute approximate surface area is 161 Å². The third kappa shape index (κ3) is 4.91. The minimum Gasteiger partial charge on any atom is -0.359 e. The molecular weight excluding hydrogens is 348 g/mol. The van der Waals surface area contributed by atoms with Gasteiger partial charge in [-0.25, -0.2) is 0 Å². The number of likely N-dealkylation sites (tertiary alicyclic amines) is 1. The van der Waals surface area contributed by atoms with E-state index in [0.717, 1.165) is 49.9 Å². The number of piperidine rings is 1. The normalized spacial score (nSPS) is 23.7. The van der Waals surface area contributed by atoms with Gasteiger partial charge in [0, 0.05) is 50.1 Å². The van der Waals surface area contributed by atoms with Crippen LogP contribution < -0.4 is 10.6 Å². The molecule has 2 N–H and O–H groups in total. The number of hydrogen-bond acceptors (Lipinski definition) is 2. The number of halogens is 1. The zero-order chi connectivity index (χ0) is 18.5. The third-order valence-corrected chi connectivity index (χ3v) is 5.59. The maximum Gasteiger partial charge on any atom is 0.220 e. The fraction of sp³-hybridized carbons (Fsp3) is 0.600. The van der Waals surface area contributed by atoms with Crippen LogP contribution in [0.25, 0.3) is 0 Å². The summed E-state index contributed by atoms with van der Waals surface area (Å²) in [6.45, 7) is 4.76. The van der Waals surface area contributed by atoms with Crippen LogP contribution in [0.2, 0.25) is 5.02 Å². The molecule has 3 rings (SSSR count). The molecule has 6 heteroatoms. The van der Waals surface area contributed by atoms with Crippen molar-refractivity contribution in [1.82, 2.24) is 15.5 Å². The van der Waals surface area contributed by atoms with Gasteiger partial charge in [0.15, 0.2) is 5.96 Å². The number of benzene rings is 1. The van der Waals surface area contributed by atoms with E-state index < -0.39 is 0 Å². The third-order valence-electron chi connectivity index (χ3n) is 5.36. The molecule has 1 aromatic rings. The highest BCUT2D eigenvalue weighted by atomic mass is 35.5. The van der Waals surface area contributed by atoms with Crippen LogP contribution >= 0.6 is 11.6 Å². The number of nitrogens with zero attached hydrogens (tertiary/aromatic N) is 2. The second kappa shape index (κ2) is 8.76. The molecule has 1 saturated heterocycles. The highest BCUT2D eigenvalue weighted by Gasteiger charge is 2.40. The minimum atomic E-state index is 0.145. The lowest BCUT2D eigenvalue weighted by atomic mass is 9.93. The first-order valence-electron chi connectivity index (χ1n) is 9.62. The summed E-state index contributed by atoms with van der Waals surface area (Å²) in [6.07, 6.45) is 3.84. The Kier molecular flexibility index (Phi) is 6.41. The fourth-order valence-electron chi connectivity index (χ4n) is 3.73. The molecule has 0 spiro atoms. The SMILES string of the molecule is CCN=C(NC1CC1c1cccc(Cl)c1)N1CCC(CC(=O)NC)CC1. The van der Waals surface area contributed by atoms with Gasteiger partial charge in [-0.2, -0.15) is 0 Å². The van der Waals surface area contributed by atoms with Gasteiger partial charge in [0.25, 0.3) is 0 Å². The van der Waals surface area contributed by atoms with Crippen LogP contribution in [0.5, 0.6) is 0 Å². The maximum absolute atomic E-state index is 11.6. The molecular formula is C20H29ClN4O. The van der Waals surface area contributed by atoms with E-state index >= 15 is 0 Å². The molecule has 1 saturated carbocycles. The van der Waals surface area contributed by atoms with Crippen molar-refractivity contribution in [2.45, 2.75) is 44.6 Å². The van der Waals surface area contributed by atoms with Gasteiger partial charge in [-0.1, -0.05) is 23.7 Å². The van der Waals surface area contributed by atoms with E-state index in [1.54, 1.807) is 7.05 Å². The van der Waals surface area contributed by atoms with Crippen molar-refractivity contribution in [3.05, 3.63) is 34.9 Å². The highest BCUT2D eigenvalue weighted by Crippen LogP contribution is 2.41. The molecule has 1 aromatic carbocycles. The molecule has 2 fully saturated rings. The number of rotatable bonds is 5. The lowest BCUT2D eigenvalue weighted by Gasteiger charge is -2.34. The summed E-state index contributed by atoms with van der Waals surface area (Å²) in [5.41, 5.74) is 1.30. The van der Waals surface area contributed by atoms with Gasteiger partial charge >= 0.3 is 0 Å². The molecule has 1 amide bonds. The maximum atomic E-state index is 11.6. The van der Waals surface area contributed by atoms with Crippen LogP contribution in [-0.4, -0.2) is 49.5 Å². The molecule has 1 heterocycles. The van der Waals surface area contributed by atoms with Crippen LogP contribution in [-0.2, 0) is 4.79 Å². The number of hydrogen-bond donors (Lipinski definition) is 2. The van der Waals surface area contributed by atoms with Crippen LogP contribution in [0.4, 0.5) is 0 Å². The van der Waals surface area contributed by atoms with Crippen molar-refractivity contribution in [2.75, 3.05) is 26.7 Å². The summed E-state index contributed by atoms with van der Waals surface area (Å²) < 4.78 is 0. The minimum absolute atomic E-state index is 0.145. The summed E-state index contributed by atoms with van der Waals surface area (Å²) in [5, 5.41) is 7.18. The van der Waals surface area contributed by atoms with Gasteiger partial charge in [0.05, 0.1) is 0 Å². The molecule has 2 unspecified atom stereocenters. The van der Waals surface area contributed by atoms with Crippen LogP contribution in [0.1, 0.15) is 44.1 Å². The second-order valence-corrected chi connectivity index (χ2v) is 7.69. The molecule has 0 bridgehead atoms. The van der Waals surface area contributed by atoms with Gasteiger partial charge in [-0.15, -0.1) is 0 Å². The number of amides is 1. The predicted molar refractivity (Wildman–Crippen MR) is 107 cm³/mol. The molecule has 1 aliphatic carbocycles. The molecule has 26 heavy (non-hydrogen) atoms. The van der Waals surface area contributed by atoms with Gasteiger partial charge < -0.3 is 15.5 Å². The lowest BCUT2D eigenvalue weighted by Crippen LogP contribution is -2.47. The lowest BCUT2D eigenvalue weighted by molar-refractivity contribution is -0.121. The van der Waals surface area contributed by atoms with Crippen molar-refractivity contribution >= 4 is 23.5 Å². The van der Waals surface area contributed by atoms with Crippen molar-refractivity contribution in [1.29, 1.82) is 0 Å². The fourth-order valence-corrected chi connectivity index (χ4v) is 3.92. The van der Waals surface area contributed by atoms with E-state index in [9.17, 15) is 4.79 Å². The van der Waals surface area contributed by atoms with Crippen LogP contribution in [0.15, 0.2) is 29.3 Å². The summed E-state index contributed by atoms with van der Waals surface area (Å²) in [4.78, 5) is 18.6. The standard InChI is InChI=1S/C20H29ClN4O/c1-3-23-20(25-9-7-14(8-10-25)11-19(26)22-2)24-18-13-17(18)15-5-4-6-16(21)12-15/h4-6,12,14,17-18H,3,7-11,13H2,1-2H3,(H,22,26)(H,23,24). The zero-order valence-corrected chi connectivity index (χ0v) is 16.4. The molecule has 1 aliphatic heterocycles. The van der Waals surface area contributed by atoms with Crippen LogP contribution in [0, 0.1) is 5.92 Å². The molecule has 142 valence electrons. The van der Waals surface area contributed by atoms with Crippen molar-refractivity contribution in [3.8, 4) is 0 Å². The first kappa shape index (κ1) is 19.0. The van der Waals surface area contributed by atoms with Crippen molar-refractivity contribution < 1.29 is 4.79 Å². The van der Waals surface area contributed by atoms with E-state index in [1.807, 2.05) is 12.1 Å². The summed E-state index contributed by atoms with van der Waals surface area (Å²) in [7, 11) is 1.71. The largest absolute Gasteiger partial charge is 0.359 e. The molecule has 0 radical (unpaired) electrons. The zero-order valence-electron chi connectivity index (χ0n) is 15.7. The highest BCUT2D eigenvalue weighted by molar-refractivity contribution is 6.30. The molecule has 5 nitrogen and oxygen atoms in total. The number of carbonyl (C=O) groups is 1. The number of carbonyl (C=O) groups excluding carboxylic acids is 1. The van der Waals surface area contributed by atoms with Crippen molar-refractivity contribution in [2.24, 2.45) is 10.9 Å². The molecule has 0 aromatic heterocycles. The Balaban J connectivity index is 1.53. The van der Waals surface area contributed by atoms with Crippen molar-refractivity contribution in [3.63, 3.8) is 0 Å². The Morgan fingerprint density at radius 2 is 2.12 bits per heavy atom. The first-order chi connectivity index (χ1) is 12.6. The monoisotopic (exact) mass is 376 g/mol.